The lowest BCUT2D eigenvalue weighted by molar-refractivity contribution is -0.141. The summed E-state index contributed by atoms with van der Waals surface area (Å²) < 4.78 is 5.76. The van der Waals surface area contributed by atoms with Gasteiger partial charge in [-0.05, 0) is 24.6 Å². The first-order valence-corrected chi connectivity index (χ1v) is 5.42. The molecule has 0 fully saturated rings. The Hall–Kier alpha value is -1.16. The monoisotopic (exact) mass is 269 g/mol. The van der Waals surface area contributed by atoms with E-state index in [1.165, 1.54) is 0 Å². The summed E-state index contributed by atoms with van der Waals surface area (Å²) >= 11 is 3.34. The molecule has 0 spiro atoms. The zero-order chi connectivity index (χ0) is 11.1. The van der Waals surface area contributed by atoms with Crippen molar-refractivity contribution in [3.05, 3.63) is 34.3 Å². The zero-order valence-corrected chi connectivity index (χ0v) is 10.0. The summed E-state index contributed by atoms with van der Waals surface area (Å²) in [6.45, 7) is 2.24. The maximum Gasteiger partial charge on any atom is 0.327 e. The van der Waals surface area contributed by atoms with Crippen molar-refractivity contribution in [3.63, 3.8) is 0 Å². The Labute approximate surface area is 97.3 Å². The number of benzene rings is 1. The van der Waals surface area contributed by atoms with Crippen LogP contribution in [0.25, 0.3) is 0 Å². The van der Waals surface area contributed by atoms with Gasteiger partial charge in [-0.15, -0.1) is 0 Å². The molecule has 1 aromatic carbocycles. The van der Waals surface area contributed by atoms with Crippen LogP contribution in [0.15, 0.2) is 33.7 Å². The molecular formula is C11H12BrNO2. The Morgan fingerprint density at radius 2 is 2.13 bits per heavy atom. The summed E-state index contributed by atoms with van der Waals surface area (Å²) in [5.41, 5.74) is 0.961. The van der Waals surface area contributed by atoms with Gasteiger partial charge >= 0.3 is 5.97 Å². The molecule has 4 heteroatoms. The number of carbonyl (C=O) groups is 1. The summed E-state index contributed by atoms with van der Waals surface area (Å²) in [5.74, 6) is -0.300. The van der Waals surface area contributed by atoms with Crippen molar-refractivity contribution >= 4 is 28.1 Å². The molecular weight excluding hydrogens is 258 g/mol. The smallest absolute Gasteiger partial charge is 0.327 e. The van der Waals surface area contributed by atoms with Crippen molar-refractivity contribution in [1.29, 1.82) is 0 Å². The van der Waals surface area contributed by atoms with Crippen molar-refractivity contribution in [2.75, 3.05) is 13.2 Å². The first kappa shape index (κ1) is 11.9. The summed E-state index contributed by atoms with van der Waals surface area (Å²) in [5, 5.41) is 0. The third kappa shape index (κ3) is 4.74. The van der Waals surface area contributed by atoms with Crippen molar-refractivity contribution < 1.29 is 9.53 Å². The Balaban J connectivity index is 2.44. The number of hydrogen-bond acceptors (Lipinski definition) is 3. The van der Waals surface area contributed by atoms with E-state index >= 15 is 0 Å². The molecule has 0 N–H and O–H groups in total. The number of nitrogens with zero attached hydrogens (tertiary/aromatic N) is 1. The van der Waals surface area contributed by atoms with Crippen molar-refractivity contribution in [2.45, 2.75) is 6.92 Å². The van der Waals surface area contributed by atoms with E-state index in [0.29, 0.717) is 6.61 Å². The van der Waals surface area contributed by atoms with E-state index in [-0.39, 0.29) is 12.5 Å². The molecule has 0 heterocycles. The first-order valence-electron chi connectivity index (χ1n) is 4.63. The highest BCUT2D eigenvalue weighted by Crippen LogP contribution is 2.08. The molecule has 80 valence electrons. The van der Waals surface area contributed by atoms with Crippen LogP contribution in [-0.4, -0.2) is 25.3 Å². The maximum atomic E-state index is 10.9. The molecule has 0 atom stereocenters. The molecule has 0 aliphatic rings. The third-order valence-corrected chi connectivity index (χ3v) is 2.16. The number of carbonyl (C=O) groups excluding carboxylic acids is 1. The minimum atomic E-state index is -0.300. The predicted octanol–water partition coefficient (Wildman–Crippen LogP) is 2.43. The van der Waals surface area contributed by atoms with Crippen LogP contribution in [0.3, 0.4) is 0 Å². The average Bonchev–Trinajstić information content (AvgIpc) is 2.21. The number of halogens is 1. The van der Waals surface area contributed by atoms with E-state index in [2.05, 4.69) is 20.9 Å². The Morgan fingerprint density at radius 3 is 2.73 bits per heavy atom. The Bertz CT molecular complexity index is 346. The van der Waals surface area contributed by atoms with Crippen LogP contribution in [0.4, 0.5) is 0 Å². The average molecular weight is 270 g/mol. The van der Waals surface area contributed by atoms with Crippen LogP contribution in [0.5, 0.6) is 0 Å². The van der Waals surface area contributed by atoms with Gasteiger partial charge in [-0.3, -0.25) is 9.79 Å². The van der Waals surface area contributed by atoms with Crippen LogP contribution >= 0.6 is 15.9 Å². The van der Waals surface area contributed by atoms with Gasteiger partial charge in [0.15, 0.2) is 0 Å². The summed E-state index contributed by atoms with van der Waals surface area (Å²) in [6.07, 6.45) is 1.66. The Kier molecular flexibility index (Phi) is 5.04. The molecule has 1 aromatic rings. The summed E-state index contributed by atoms with van der Waals surface area (Å²) in [4.78, 5) is 14.9. The highest BCUT2D eigenvalue weighted by Gasteiger charge is 1.96. The van der Waals surface area contributed by atoms with Gasteiger partial charge in [-0.25, -0.2) is 0 Å². The number of ether oxygens (including phenoxy) is 1. The largest absolute Gasteiger partial charge is 0.465 e. The van der Waals surface area contributed by atoms with Crippen molar-refractivity contribution in [3.8, 4) is 0 Å². The van der Waals surface area contributed by atoms with Gasteiger partial charge in [0.2, 0.25) is 0 Å². The molecule has 15 heavy (non-hydrogen) atoms. The fourth-order valence-corrected chi connectivity index (χ4v) is 1.25. The molecule has 0 bridgehead atoms. The topological polar surface area (TPSA) is 38.7 Å². The number of hydrogen-bond donors (Lipinski definition) is 0. The number of aliphatic imine (C=N–C) groups is 1. The molecule has 0 aliphatic heterocycles. The quantitative estimate of drug-likeness (QED) is 0.622. The number of rotatable bonds is 4. The fourth-order valence-electron chi connectivity index (χ4n) is 0.981. The van der Waals surface area contributed by atoms with E-state index in [0.717, 1.165) is 10.0 Å². The van der Waals surface area contributed by atoms with Crippen LogP contribution in [0, 0.1) is 0 Å². The lowest BCUT2D eigenvalue weighted by Crippen LogP contribution is -2.07. The zero-order valence-electron chi connectivity index (χ0n) is 8.44. The number of esters is 1. The van der Waals surface area contributed by atoms with Gasteiger partial charge in [0.25, 0.3) is 0 Å². The standard InChI is InChI=1S/C11H12BrNO2/c1-2-15-11(14)8-13-7-9-3-5-10(12)6-4-9/h3-7H,2,8H2,1H3. The van der Waals surface area contributed by atoms with Crippen molar-refractivity contribution in [2.24, 2.45) is 4.99 Å². The minimum absolute atomic E-state index is 0.0733. The van der Waals surface area contributed by atoms with E-state index in [1.54, 1.807) is 13.1 Å². The second-order valence-electron chi connectivity index (χ2n) is 2.83. The molecule has 1 rings (SSSR count). The van der Waals surface area contributed by atoms with Gasteiger partial charge in [-0.2, -0.15) is 0 Å². The minimum Gasteiger partial charge on any atom is -0.465 e. The fraction of sp³-hybridized carbons (Fsp3) is 0.273. The van der Waals surface area contributed by atoms with Gasteiger partial charge in [0.1, 0.15) is 6.54 Å². The van der Waals surface area contributed by atoms with E-state index in [9.17, 15) is 4.79 Å². The molecule has 0 amide bonds. The lowest BCUT2D eigenvalue weighted by Gasteiger charge is -1.97. The van der Waals surface area contributed by atoms with Gasteiger partial charge in [-0.1, -0.05) is 28.1 Å². The van der Waals surface area contributed by atoms with E-state index in [4.69, 9.17) is 4.74 Å². The molecule has 3 nitrogen and oxygen atoms in total. The van der Waals surface area contributed by atoms with Crippen molar-refractivity contribution in [1.82, 2.24) is 0 Å². The predicted molar refractivity (Wildman–Crippen MR) is 63.2 cm³/mol. The molecule has 0 radical (unpaired) electrons. The van der Waals surface area contributed by atoms with E-state index in [1.807, 2.05) is 24.3 Å². The second kappa shape index (κ2) is 6.35. The van der Waals surface area contributed by atoms with Crippen LogP contribution in [-0.2, 0) is 9.53 Å². The highest BCUT2D eigenvalue weighted by molar-refractivity contribution is 9.10. The summed E-state index contributed by atoms with van der Waals surface area (Å²) in [7, 11) is 0. The van der Waals surface area contributed by atoms with Gasteiger partial charge < -0.3 is 4.74 Å². The molecule has 0 saturated heterocycles. The molecule has 0 unspecified atom stereocenters. The Morgan fingerprint density at radius 1 is 1.47 bits per heavy atom. The van der Waals surface area contributed by atoms with E-state index < -0.39 is 0 Å². The molecule has 0 saturated carbocycles. The normalized spacial score (nSPS) is 10.5. The van der Waals surface area contributed by atoms with Crippen LogP contribution in [0.1, 0.15) is 12.5 Å². The SMILES string of the molecule is CCOC(=O)CN=Cc1ccc(Br)cc1. The lowest BCUT2D eigenvalue weighted by atomic mass is 10.2. The first-order chi connectivity index (χ1) is 7.22. The second-order valence-corrected chi connectivity index (χ2v) is 3.74. The van der Waals surface area contributed by atoms with Gasteiger partial charge in [0.05, 0.1) is 6.61 Å². The molecule has 0 aromatic heterocycles. The maximum absolute atomic E-state index is 10.9. The summed E-state index contributed by atoms with van der Waals surface area (Å²) in [6, 6.07) is 7.68. The van der Waals surface area contributed by atoms with Crippen LogP contribution in [0.2, 0.25) is 0 Å². The third-order valence-electron chi connectivity index (χ3n) is 1.64. The molecule has 0 aliphatic carbocycles. The highest BCUT2D eigenvalue weighted by atomic mass is 79.9. The van der Waals surface area contributed by atoms with Crippen LogP contribution < -0.4 is 0 Å². The van der Waals surface area contributed by atoms with Gasteiger partial charge in [0, 0.05) is 10.7 Å².